The van der Waals surface area contributed by atoms with Crippen LogP contribution in [-0.2, 0) is 9.59 Å². The molecule has 1 saturated heterocycles. The third-order valence-corrected chi connectivity index (χ3v) is 1.22. The van der Waals surface area contributed by atoms with Gasteiger partial charge < -0.3 is 5.73 Å². The Morgan fingerprint density at radius 2 is 2.30 bits per heavy atom. The Hall–Kier alpha value is -0.610. The van der Waals surface area contributed by atoms with E-state index in [1.54, 1.807) is 0 Å². The summed E-state index contributed by atoms with van der Waals surface area (Å²) in [6.07, 6.45) is 0.573. The zero-order valence-corrected chi connectivity index (χ0v) is 6.06. The minimum Gasteiger partial charge on any atom is -0.320 e. The van der Waals surface area contributed by atoms with E-state index in [0.717, 1.165) is 0 Å². The molecule has 1 heterocycles. The van der Waals surface area contributed by atoms with E-state index in [4.69, 9.17) is 7.15 Å². The van der Waals surface area contributed by atoms with Crippen LogP contribution in [0.4, 0.5) is 0 Å². The normalized spacial score (nSPS) is 27.5. The van der Waals surface area contributed by atoms with E-state index in [-0.39, 0.29) is 18.8 Å². The Labute approximate surface area is 66.0 Å². The van der Waals surface area contributed by atoms with Crippen LogP contribution in [0.5, 0.6) is 0 Å². The van der Waals surface area contributed by atoms with Crippen LogP contribution in [0.3, 0.4) is 0 Å². The second-order valence-corrected chi connectivity index (χ2v) is 1.99. The smallest absolute Gasteiger partial charge is 0.243 e. The Morgan fingerprint density at radius 3 is 2.80 bits per heavy atom. The molecule has 0 aromatic rings. The first-order valence-electron chi connectivity index (χ1n) is 3.19. The van der Waals surface area contributed by atoms with E-state index in [1.807, 2.05) is 0 Å². The highest BCUT2D eigenvalue weighted by Crippen LogP contribution is 2.00. The van der Waals surface area contributed by atoms with Crippen LogP contribution in [0, 0.1) is 0 Å². The molecule has 0 radical (unpaired) electrons. The van der Waals surface area contributed by atoms with E-state index in [2.05, 4.69) is 0 Å². The van der Waals surface area contributed by atoms with Crippen LogP contribution in [-0.4, -0.2) is 17.9 Å². The van der Waals surface area contributed by atoms with Crippen molar-refractivity contribution in [2.45, 2.75) is 18.9 Å². The third-order valence-electron chi connectivity index (χ3n) is 1.22. The van der Waals surface area contributed by atoms with Gasteiger partial charge in [-0.15, -0.1) is 12.4 Å². The molecular formula is C5H9ClN2O2. The van der Waals surface area contributed by atoms with Crippen molar-refractivity contribution in [3.8, 4) is 0 Å². The lowest BCUT2D eigenvalue weighted by Crippen LogP contribution is -2.48. The second-order valence-electron chi connectivity index (χ2n) is 1.99. The summed E-state index contributed by atoms with van der Waals surface area (Å²) in [6.45, 7) is 0. The predicted octanol–water partition coefficient (Wildman–Crippen LogP) is -0.828. The van der Waals surface area contributed by atoms with E-state index in [1.165, 1.54) is 0 Å². The largest absolute Gasteiger partial charge is 0.320 e. The zero-order chi connectivity index (χ0) is 7.72. The van der Waals surface area contributed by atoms with Crippen molar-refractivity contribution in [3.05, 3.63) is 0 Å². The average molecular weight is 166 g/mol. The topological polar surface area (TPSA) is 72.2 Å². The molecule has 1 aliphatic heterocycles. The van der Waals surface area contributed by atoms with Crippen LogP contribution < -0.4 is 11.0 Å². The standard InChI is InChI=1S/C5H8N2O2.ClH/c6-3-1-2-4(8)7-5(3)9;/h3H,1-2,6H2,(H,7,8,9);1H/t3-;/m1./s1/i/hD. The van der Waals surface area contributed by atoms with Crippen molar-refractivity contribution in [3.63, 3.8) is 0 Å². The maximum atomic E-state index is 10.7. The lowest BCUT2D eigenvalue weighted by Gasteiger charge is -2.15. The minimum absolute atomic E-state index is 0. The van der Waals surface area contributed by atoms with Gasteiger partial charge in [0, 0.05) is 6.42 Å². The van der Waals surface area contributed by atoms with Crippen LogP contribution in [0.25, 0.3) is 0 Å². The number of carbonyl (C=O) groups is 2. The molecule has 58 valence electrons. The van der Waals surface area contributed by atoms with Crippen LogP contribution >= 0.6 is 12.4 Å². The molecule has 0 spiro atoms. The molecule has 1 aliphatic rings. The maximum absolute atomic E-state index is 10.7. The number of nitrogens with two attached hydrogens (primary N) is 1. The lowest BCUT2D eigenvalue weighted by atomic mass is 10.1. The molecule has 0 bridgehead atoms. The Bertz CT molecular complexity index is 187. The highest BCUT2D eigenvalue weighted by Gasteiger charge is 2.22. The van der Waals surface area contributed by atoms with E-state index in [0.29, 0.717) is 11.7 Å². The number of piperidine rings is 1. The van der Waals surface area contributed by atoms with Gasteiger partial charge in [-0.3, -0.25) is 14.9 Å². The summed E-state index contributed by atoms with van der Waals surface area (Å²) in [6, 6.07) is -0.657. The van der Waals surface area contributed by atoms with E-state index in [9.17, 15) is 9.59 Å². The average Bonchev–Trinajstić information content (AvgIpc) is 1.93. The van der Waals surface area contributed by atoms with Crippen molar-refractivity contribution >= 4 is 24.2 Å². The van der Waals surface area contributed by atoms with Crippen molar-refractivity contribution in [2.24, 2.45) is 5.73 Å². The van der Waals surface area contributed by atoms with Gasteiger partial charge in [-0.1, -0.05) is 0 Å². The molecule has 1 atom stereocenters. The lowest BCUT2D eigenvalue weighted by molar-refractivity contribution is -0.134. The van der Waals surface area contributed by atoms with Gasteiger partial charge in [0.1, 0.15) is 0 Å². The van der Waals surface area contributed by atoms with Crippen molar-refractivity contribution < 1.29 is 11.0 Å². The molecular weight excluding hydrogens is 156 g/mol. The van der Waals surface area contributed by atoms with Crippen LogP contribution in [0.15, 0.2) is 0 Å². The van der Waals surface area contributed by atoms with Crippen molar-refractivity contribution in [1.29, 1.82) is 0 Å². The fourth-order valence-corrected chi connectivity index (χ4v) is 0.664. The molecule has 1 fully saturated rings. The Morgan fingerprint density at radius 1 is 1.70 bits per heavy atom. The van der Waals surface area contributed by atoms with Gasteiger partial charge in [-0.2, -0.15) is 0 Å². The quantitative estimate of drug-likeness (QED) is 0.461. The summed E-state index contributed by atoms with van der Waals surface area (Å²) in [5.74, 6) is -1.07. The number of nitrogens with one attached hydrogen (secondary N) is 1. The molecule has 3 N–H and O–H groups in total. The summed E-state index contributed by atoms with van der Waals surface area (Å²) in [4.78, 5) is 21.3. The first-order valence-corrected chi connectivity index (χ1v) is 2.74. The molecule has 4 nitrogen and oxygen atoms in total. The van der Waals surface area contributed by atoms with Gasteiger partial charge in [0.05, 0.1) is 6.04 Å². The zero-order valence-electron chi connectivity index (χ0n) is 6.24. The molecule has 1 rings (SSSR count). The second kappa shape index (κ2) is 3.53. The number of rotatable bonds is 0. The summed E-state index contributed by atoms with van der Waals surface area (Å²) >= 11 is 0. The number of hydrogen-bond donors (Lipinski definition) is 2. The molecule has 5 heteroatoms. The fourth-order valence-electron chi connectivity index (χ4n) is 0.664. The number of amides is 2. The SMILES string of the molecule is Cl.[2H]N1C(=O)CC[C@@H](N)C1=O. The Balaban J connectivity index is 0.000001000. The van der Waals surface area contributed by atoms with Crippen LogP contribution in [0.2, 0.25) is 1.41 Å². The van der Waals surface area contributed by atoms with E-state index >= 15 is 0 Å². The van der Waals surface area contributed by atoms with Crippen molar-refractivity contribution in [2.75, 3.05) is 0 Å². The highest BCUT2D eigenvalue weighted by molar-refractivity contribution is 6.00. The Kier molecular flexibility index (Phi) is 2.65. The van der Waals surface area contributed by atoms with Crippen LogP contribution in [0.1, 0.15) is 12.8 Å². The number of halogens is 1. The van der Waals surface area contributed by atoms with Gasteiger partial charge in [0.15, 0.2) is 1.41 Å². The summed E-state index contributed by atoms with van der Waals surface area (Å²) < 4.78 is 6.87. The van der Waals surface area contributed by atoms with Gasteiger partial charge in [0.2, 0.25) is 11.8 Å². The third kappa shape index (κ3) is 1.97. The predicted molar refractivity (Wildman–Crippen MR) is 37.6 cm³/mol. The molecule has 0 aromatic heterocycles. The number of hydrogen-bond acceptors (Lipinski definition) is 3. The molecule has 0 unspecified atom stereocenters. The maximum Gasteiger partial charge on any atom is 0.243 e. The summed E-state index contributed by atoms with van der Waals surface area (Å²) in [7, 11) is 0. The van der Waals surface area contributed by atoms with E-state index < -0.39 is 17.9 Å². The summed E-state index contributed by atoms with van der Waals surface area (Å²) in [5.41, 5.74) is 5.27. The highest BCUT2D eigenvalue weighted by atomic mass is 35.5. The first kappa shape index (κ1) is 7.50. The summed E-state index contributed by atoms with van der Waals surface area (Å²) in [5, 5.41) is 0.341. The molecule has 0 aromatic carbocycles. The molecule has 0 saturated carbocycles. The van der Waals surface area contributed by atoms with Crippen molar-refractivity contribution in [1.82, 2.24) is 5.31 Å². The molecule has 2 amide bonds. The first-order chi connectivity index (χ1) is 4.63. The minimum atomic E-state index is -0.657. The number of imide groups is 1. The molecule has 0 aliphatic carbocycles. The molecule has 10 heavy (non-hydrogen) atoms. The fraction of sp³-hybridized carbons (Fsp3) is 0.600. The van der Waals surface area contributed by atoms with Gasteiger partial charge >= 0.3 is 0 Å². The van der Waals surface area contributed by atoms with Gasteiger partial charge in [-0.05, 0) is 6.42 Å². The number of carbonyl (C=O) groups excluding carboxylic acids is 2. The van der Waals surface area contributed by atoms with Gasteiger partial charge in [0.25, 0.3) is 0 Å². The monoisotopic (exact) mass is 165 g/mol. The van der Waals surface area contributed by atoms with Gasteiger partial charge in [-0.25, -0.2) is 0 Å².